The molecule has 1 aromatic carbocycles. The van der Waals surface area contributed by atoms with Crippen LogP contribution in [0.2, 0.25) is 0 Å². The van der Waals surface area contributed by atoms with Crippen LogP contribution < -0.4 is 4.74 Å². The summed E-state index contributed by atoms with van der Waals surface area (Å²) in [5.74, 6) is 0.120. The topological polar surface area (TPSA) is 68.2 Å². The van der Waals surface area contributed by atoms with E-state index in [1.807, 2.05) is 31.2 Å². The van der Waals surface area contributed by atoms with Gasteiger partial charge >= 0.3 is 0 Å². The maximum Gasteiger partial charge on any atom is 0.266 e. The molecule has 0 saturated carbocycles. The zero-order chi connectivity index (χ0) is 22.3. The van der Waals surface area contributed by atoms with Crippen LogP contribution in [0.4, 0.5) is 4.39 Å². The van der Waals surface area contributed by atoms with Crippen LogP contribution in [-0.2, 0) is 19.7 Å². The molecular formula is C24H21FN4O2S. The van der Waals surface area contributed by atoms with E-state index in [-0.39, 0.29) is 18.3 Å². The third-order valence-electron chi connectivity index (χ3n) is 4.72. The standard InChI is InChI=1S/C24H21FN4O2S/c1-17-23(32-22(28-17)16-31-21-6-4-20(25)5-7-21)24(30)29(14-18-8-11-26-12-9-18)15-19-3-2-10-27-13-19/h2-13H,14-16H2,1H3. The molecule has 0 saturated heterocycles. The fourth-order valence-electron chi connectivity index (χ4n) is 3.15. The monoisotopic (exact) mass is 448 g/mol. The fourth-order valence-corrected chi connectivity index (χ4v) is 4.10. The number of pyridine rings is 2. The van der Waals surface area contributed by atoms with Gasteiger partial charge in [0.15, 0.2) is 0 Å². The quantitative estimate of drug-likeness (QED) is 0.387. The third-order valence-corrected chi connectivity index (χ3v) is 5.84. The van der Waals surface area contributed by atoms with Crippen LogP contribution in [-0.4, -0.2) is 25.8 Å². The second-order valence-corrected chi connectivity index (χ2v) is 8.23. The molecule has 0 bridgehead atoms. The van der Waals surface area contributed by atoms with Crippen molar-refractivity contribution in [1.29, 1.82) is 0 Å². The Morgan fingerprint density at radius 1 is 1.00 bits per heavy atom. The fraction of sp³-hybridized carbons (Fsp3) is 0.167. The summed E-state index contributed by atoms with van der Waals surface area (Å²) in [5.41, 5.74) is 2.58. The van der Waals surface area contributed by atoms with Gasteiger partial charge in [-0.3, -0.25) is 14.8 Å². The Hall–Kier alpha value is -3.65. The van der Waals surface area contributed by atoms with E-state index in [4.69, 9.17) is 4.74 Å². The predicted octanol–water partition coefficient (Wildman–Crippen LogP) is 4.80. The Labute approximate surface area is 189 Å². The number of hydrogen-bond acceptors (Lipinski definition) is 6. The SMILES string of the molecule is Cc1nc(COc2ccc(F)cc2)sc1C(=O)N(Cc1ccncc1)Cc1cccnc1. The number of thiazole rings is 1. The second-order valence-electron chi connectivity index (χ2n) is 7.14. The molecule has 32 heavy (non-hydrogen) atoms. The zero-order valence-electron chi connectivity index (χ0n) is 17.4. The number of rotatable bonds is 8. The molecule has 0 fully saturated rings. The van der Waals surface area contributed by atoms with Crippen LogP contribution in [0.1, 0.15) is 31.5 Å². The van der Waals surface area contributed by atoms with Crippen LogP contribution in [0.3, 0.4) is 0 Å². The number of nitrogens with zero attached hydrogens (tertiary/aromatic N) is 4. The minimum atomic E-state index is -0.321. The number of benzene rings is 1. The number of ether oxygens (including phenoxy) is 1. The number of halogens is 1. The largest absolute Gasteiger partial charge is 0.486 e. The first-order valence-corrected chi connectivity index (χ1v) is 10.8. The average Bonchev–Trinajstić information content (AvgIpc) is 3.19. The first kappa shape index (κ1) is 21.6. The van der Waals surface area contributed by atoms with Crippen LogP contribution in [0.25, 0.3) is 0 Å². The lowest BCUT2D eigenvalue weighted by Gasteiger charge is -2.22. The van der Waals surface area contributed by atoms with Gasteiger partial charge in [0, 0.05) is 37.9 Å². The lowest BCUT2D eigenvalue weighted by atomic mass is 10.2. The van der Waals surface area contributed by atoms with Gasteiger partial charge in [-0.2, -0.15) is 0 Å². The highest BCUT2D eigenvalue weighted by Gasteiger charge is 2.22. The molecule has 0 aliphatic rings. The molecule has 3 heterocycles. The minimum Gasteiger partial charge on any atom is -0.486 e. The number of aryl methyl sites for hydroxylation is 1. The van der Waals surface area contributed by atoms with E-state index in [9.17, 15) is 9.18 Å². The third kappa shape index (κ3) is 5.53. The van der Waals surface area contributed by atoms with Crippen molar-refractivity contribution in [1.82, 2.24) is 19.9 Å². The molecule has 0 N–H and O–H groups in total. The molecule has 4 rings (SSSR count). The molecule has 0 radical (unpaired) electrons. The van der Waals surface area contributed by atoms with E-state index in [0.717, 1.165) is 11.1 Å². The highest BCUT2D eigenvalue weighted by atomic mass is 32.1. The van der Waals surface area contributed by atoms with Gasteiger partial charge in [-0.1, -0.05) is 6.07 Å². The van der Waals surface area contributed by atoms with Crippen LogP contribution in [0.15, 0.2) is 73.3 Å². The normalized spacial score (nSPS) is 10.7. The second kappa shape index (κ2) is 10.1. The van der Waals surface area contributed by atoms with E-state index < -0.39 is 0 Å². The predicted molar refractivity (Wildman–Crippen MR) is 120 cm³/mol. The van der Waals surface area contributed by atoms with E-state index in [2.05, 4.69) is 15.0 Å². The Kier molecular flexibility index (Phi) is 6.81. The molecule has 0 aliphatic carbocycles. The number of carbonyl (C=O) groups is 1. The van der Waals surface area contributed by atoms with Gasteiger partial charge in [-0.25, -0.2) is 9.37 Å². The van der Waals surface area contributed by atoms with Gasteiger partial charge in [0.1, 0.15) is 28.1 Å². The van der Waals surface area contributed by atoms with Gasteiger partial charge in [0.2, 0.25) is 0 Å². The summed E-state index contributed by atoms with van der Waals surface area (Å²) in [6.45, 7) is 2.89. The van der Waals surface area contributed by atoms with Crippen molar-refractivity contribution in [3.05, 3.63) is 106 Å². The molecule has 0 spiro atoms. The lowest BCUT2D eigenvalue weighted by Crippen LogP contribution is -2.30. The van der Waals surface area contributed by atoms with Crippen LogP contribution in [0, 0.1) is 12.7 Å². The van der Waals surface area contributed by atoms with Gasteiger partial charge < -0.3 is 9.64 Å². The molecular weight excluding hydrogens is 427 g/mol. The molecule has 4 aromatic rings. The molecule has 0 atom stereocenters. The summed E-state index contributed by atoms with van der Waals surface area (Å²) in [5, 5.41) is 0.681. The Balaban J connectivity index is 1.52. The summed E-state index contributed by atoms with van der Waals surface area (Å²) in [6.07, 6.45) is 6.89. The van der Waals surface area contributed by atoms with E-state index in [1.165, 1.54) is 23.5 Å². The van der Waals surface area contributed by atoms with Crippen molar-refractivity contribution < 1.29 is 13.9 Å². The summed E-state index contributed by atoms with van der Waals surface area (Å²) in [7, 11) is 0. The molecule has 0 aliphatic heterocycles. The smallest absolute Gasteiger partial charge is 0.266 e. The van der Waals surface area contributed by atoms with E-state index in [1.54, 1.807) is 41.8 Å². The van der Waals surface area contributed by atoms with Crippen molar-refractivity contribution in [2.24, 2.45) is 0 Å². The van der Waals surface area contributed by atoms with Gasteiger partial charge in [0.05, 0.1) is 5.69 Å². The van der Waals surface area contributed by atoms with Crippen LogP contribution >= 0.6 is 11.3 Å². The molecule has 8 heteroatoms. The number of carbonyl (C=O) groups excluding carboxylic acids is 1. The van der Waals surface area contributed by atoms with Gasteiger partial charge in [-0.05, 0) is 60.5 Å². The molecule has 6 nitrogen and oxygen atoms in total. The van der Waals surface area contributed by atoms with Crippen molar-refractivity contribution in [2.45, 2.75) is 26.6 Å². The molecule has 0 unspecified atom stereocenters. The summed E-state index contributed by atoms with van der Waals surface area (Å²) >= 11 is 1.31. The Bertz CT molecular complexity index is 1130. The Morgan fingerprint density at radius 2 is 1.75 bits per heavy atom. The first-order valence-electron chi connectivity index (χ1n) is 10.0. The summed E-state index contributed by atoms with van der Waals surface area (Å²) in [4.78, 5) is 28.5. The average molecular weight is 449 g/mol. The molecule has 1 amide bonds. The number of hydrogen-bond donors (Lipinski definition) is 0. The van der Waals surface area contributed by atoms with E-state index >= 15 is 0 Å². The zero-order valence-corrected chi connectivity index (χ0v) is 18.3. The molecule has 3 aromatic heterocycles. The maximum absolute atomic E-state index is 13.5. The van der Waals surface area contributed by atoms with Crippen molar-refractivity contribution >= 4 is 17.2 Å². The highest BCUT2D eigenvalue weighted by Crippen LogP contribution is 2.24. The Morgan fingerprint density at radius 3 is 2.47 bits per heavy atom. The maximum atomic E-state index is 13.5. The summed E-state index contributed by atoms with van der Waals surface area (Å²) in [6, 6.07) is 13.4. The number of aromatic nitrogens is 3. The van der Waals surface area contributed by atoms with Crippen LogP contribution in [0.5, 0.6) is 5.75 Å². The highest BCUT2D eigenvalue weighted by molar-refractivity contribution is 7.13. The van der Waals surface area contributed by atoms with Crippen molar-refractivity contribution in [2.75, 3.05) is 0 Å². The minimum absolute atomic E-state index is 0.103. The first-order chi connectivity index (χ1) is 15.6. The summed E-state index contributed by atoms with van der Waals surface area (Å²) < 4.78 is 18.8. The van der Waals surface area contributed by atoms with Gasteiger partial charge in [-0.15, -0.1) is 11.3 Å². The van der Waals surface area contributed by atoms with Crippen molar-refractivity contribution in [3.63, 3.8) is 0 Å². The van der Waals surface area contributed by atoms with Crippen molar-refractivity contribution in [3.8, 4) is 5.75 Å². The lowest BCUT2D eigenvalue weighted by molar-refractivity contribution is 0.0734. The molecule has 162 valence electrons. The van der Waals surface area contributed by atoms with Gasteiger partial charge in [0.25, 0.3) is 5.91 Å². The number of amides is 1. The van der Waals surface area contributed by atoms with E-state index in [0.29, 0.717) is 34.4 Å².